The summed E-state index contributed by atoms with van der Waals surface area (Å²) in [5.74, 6) is 0.0972. The summed E-state index contributed by atoms with van der Waals surface area (Å²) in [7, 11) is 1.95. The van der Waals surface area contributed by atoms with Crippen LogP contribution in [-0.4, -0.2) is 41.0 Å². The van der Waals surface area contributed by atoms with Crippen LogP contribution in [0.4, 0.5) is 0 Å². The number of carbonyl (C=O) groups excluding carboxylic acids is 1. The fourth-order valence-electron chi connectivity index (χ4n) is 4.12. The van der Waals surface area contributed by atoms with E-state index in [1.165, 1.54) is 12.8 Å². The molecule has 2 fully saturated rings. The van der Waals surface area contributed by atoms with Gasteiger partial charge in [-0.1, -0.05) is 18.2 Å². The molecule has 1 aromatic heterocycles. The summed E-state index contributed by atoms with van der Waals surface area (Å²) in [5, 5.41) is 4.67. The summed E-state index contributed by atoms with van der Waals surface area (Å²) in [5.41, 5.74) is 2.49. The number of piperidine rings is 1. The average molecular weight is 382 g/mol. The molecule has 1 amide bonds. The Balaban J connectivity index is 0.00000113. The third-order valence-corrected chi connectivity index (χ3v) is 5.41. The maximum absolute atomic E-state index is 13.1. The number of halogens is 2. The second-order valence-corrected chi connectivity index (χ2v) is 7.01. The minimum atomic E-state index is 0. The van der Waals surface area contributed by atoms with Crippen LogP contribution in [0.15, 0.2) is 30.3 Å². The van der Waals surface area contributed by atoms with Crippen molar-refractivity contribution in [1.82, 2.24) is 15.2 Å². The third kappa shape index (κ3) is 3.76. The van der Waals surface area contributed by atoms with Crippen LogP contribution in [0.25, 0.3) is 10.9 Å². The van der Waals surface area contributed by atoms with Crippen LogP contribution in [-0.2, 0) is 0 Å². The Kier molecular flexibility index (Phi) is 6.30. The monoisotopic (exact) mass is 381 g/mol. The van der Waals surface area contributed by atoms with Gasteiger partial charge in [0.05, 0.1) is 11.1 Å². The maximum Gasteiger partial charge on any atom is 0.256 e. The van der Waals surface area contributed by atoms with E-state index in [1.54, 1.807) is 0 Å². The Labute approximate surface area is 161 Å². The van der Waals surface area contributed by atoms with Crippen molar-refractivity contribution in [2.75, 3.05) is 7.05 Å². The SMILES string of the molecule is Cc1ccc2cccc(C(=O)N(C)C3CC4CCC(C3)N4)c2n1.Cl.Cl. The van der Waals surface area contributed by atoms with Gasteiger partial charge in [-0.05, 0) is 44.7 Å². The summed E-state index contributed by atoms with van der Waals surface area (Å²) in [6.45, 7) is 1.97. The number of pyridine rings is 1. The van der Waals surface area contributed by atoms with Gasteiger partial charge in [-0.3, -0.25) is 9.78 Å². The zero-order valence-corrected chi connectivity index (χ0v) is 16.2. The van der Waals surface area contributed by atoms with Crippen molar-refractivity contribution in [1.29, 1.82) is 0 Å². The number of para-hydroxylation sites is 1. The van der Waals surface area contributed by atoms with E-state index >= 15 is 0 Å². The fourth-order valence-corrected chi connectivity index (χ4v) is 4.12. The van der Waals surface area contributed by atoms with Crippen molar-refractivity contribution < 1.29 is 4.79 Å². The lowest BCUT2D eigenvalue weighted by atomic mass is 9.97. The predicted molar refractivity (Wildman–Crippen MR) is 106 cm³/mol. The van der Waals surface area contributed by atoms with Crippen LogP contribution in [0, 0.1) is 6.92 Å². The molecule has 0 saturated carbocycles. The standard InChI is InChI=1S/C19H23N3O.2ClH/c1-12-6-7-13-4-3-5-17(18(13)20-12)19(23)22(2)16-10-14-8-9-15(11-16)21-14;;/h3-7,14-16,21H,8-11H2,1-2H3;2*1H. The largest absolute Gasteiger partial charge is 0.339 e. The molecule has 3 heterocycles. The molecule has 25 heavy (non-hydrogen) atoms. The van der Waals surface area contributed by atoms with E-state index in [-0.39, 0.29) is 30.7 Å². The topological polar surface area (TPSA) is 45.2 Å². The van der Waals surface area contributed by atoms with Gasteiger partial charge in [0.2, 0.25) is 0 Å². The normalized spacial score (nSPS) is 24.3. The number of hydrogen-bond acceptors (Lipinski definition) is 3. The lowest BCUT2D eigenvalue weighted by Crippen LogP contribution is -2.48. The first-order valence-electron chi connectivity index (χ1n) is 8.51. The number of aryl methyl sites for hydroxylation is 1. The molecular formula is C19H25Cl2N3O. The second-order valence-electron chi connectivity index (χ2n) is 7.01. The minimum Gasteiger partial charge on any atom is -0.339 e. The molecule has 2 bridgehead atoms. The van der Waals surface area contributed by atoms with Crippen molar-refractivity contribution in [3.05, 3.63) is 41.6 Å². The molecule has 2 aliphatic rings. The molecule has 2 aromatic rings. The third-order valence-electron chi connectivity index (χ3n) is 5.41. The summed E-state index contributed by atoms with van der Waals surface area (Å²) in [6.07, 6.45) is 4.63. The van der Waals surface area contributed by atoms with E-state index in [0.29, 0.717) is 18.1 Å². The van der Waals surface area contributed by atoms with Crippen LogP contribution in [0.3, 0.4) is 0 Å². The van der Waals surface area contributed by atoms with Crippen LogP contribution >= 0.6 is 24.8 Å². The van der Waals surface area contributed by atoms with Gasteiger partial charge < -0.3 is 10.2 Å². The molecule has 2 aliphatic heterocycles. The van der Waals surface area contributed by atoms with E-state index in [1.807, 2.05) is 49.2 Å². The van der Waals surface area contributed by atoms with Gasteiger partial charge in [-0.2, -0.15) is 0 Å². The molecule has 1 N–H and O–H groups in total. The average Bonchev–Trinajstić information content (AvgIpc) is 2.91. The lowest BCUT2D eigenvalue weighted by Gasteiger charge is -2.35. The Hall–Kier alpha value is -1.36. The quantitative estimate of drug-likeness (QED) is 0.861. The highest BCUT2D eigenvalue weighted by Crippen LogP contribution is 2.30. The highest BCUT2D eigenvalue weighted by atomic mass is 35.5. The zero-order chi connectivity index (χ0) is 16.0. The van der Waals surface area contributed by atoms with Crippen molar-refractivity contribution >= 4 is 41.6 Å². The molecule has 0 radical (unpaired) electrons. The van der Waals surface area contributed by atoms with E-state index < -0.39 is 0 Å². The molecule has 1 aromatic carbocycles. The number of fused-ring (bicyclic) bond motifs is 3. The number of benzene rings is 1. The van der Waals surface area contributed by atoms with E-state index in [9.17, 15) is 4.79 Å². The van der Waals surface area contributed by atoms with Gasteiger partial charge in [0, 0.05) is 36.3 Å². The number of amides is 1. The summed E-state index contributed by atoms with van der Waals surface area (Å²) in [4.78, 5) is 19.6. The molecular weight excluding hydrogens is 357 g/mol. The van der Waals surface area contributed by atoms with Crippen LogP contribution in [0.2, 0.25) is 0 Å². The highest BCUT2D eigenvalue weighted by Gasteiger charge is 2.36. The van der Waals surface area contributed by atoms with Gasteiger partial charge >= 0.3 is 0 Å². The Morgan fingerprint density at radius 1 is 1.12 bits per heavy atom. The molecule has 2 unspecified atom stereocenters. The molecule has 6 heteroatoms. The molecule has 0 aliphatic carbocycles. The Bertz CT molecular complexity index is 755. The zero-order valence-electron chi connectivity index (χ0n) is 14.6. The molecule has 4 nitrogen and oxygen atoms in total. The number of nitrogens with one attached hydrogen (secondary N) is 1. The number of nitrogens with zero attached hydrogens (tertiary/aromatic N) is 2. The first-order chi connectivity index (χ1) is 11.1. The first-order valence-corrected chi connectivity index (χ1v) is 8.51. The van der Waals surface area contributed by atoms with E-state index in [0.717, 1.165) is 35.0 Å². The molecule has 136 valence electrons. The highest BCUT2D eigenvalue weighted by molar-refractivity contribution is 6.05. The fraction of sp³-hybridized carbons (Fsp3) is 0.474. The van der Waals surface area contributed by atoms with Crippen molar-refractivity contribution in [3.8, 4) is 0 Å². The molecule has 0 spiro atoms. The number of hydrogen-bond donors (Lipinski definition) is 1. The smallest absolute Gasteiger partial charge is 0.256 e. The van der Waals surface area contributed by atoms with Gasteiger partial charge in [0.25, 0.3) is 5.91 Å². The van der Waals surface area contributed by atoms with Crippen molar-refractivity contribution in [2.45, 2.75) is 50.7 Å². The molecule has 4 rings (SSSR count). The van der Waals surface area contributed by atoms with Gasteiger partial charge in [0.1, 0.15) is 0 Å². The number of rotatable bonds is 2. The van der Waals surface area contributed by atoms with Crippen molar-refractivity contribution in [3.63, 3.8) is 0 Å². The van der Waals surface area contributed by atoms with Crippen LogP contribution in [0.5, 0.6) is 0 Å². The second kappa shape index (κ2) is 7.90. The Morgan fingerprint density at radius 3 is 2.48 bits per heavy atom. The maximum atomic E-state index is 13.1. The molecule has 2 atom stereocenters. The van der Waals surface area contributed by atoms with Crippen molar-refractivity contribution in [2.24, 2.45) is 0 Å². The van der Waals surface area contributed by atoms with Gasteiger partial charge in [0.15, 0.2) is 0 Å². The van der Waals surface area contributed by atoms with E-state index in [4.69, 9.17) is 0 Å². The molecule has 2 saturated heterocycles. The summed E-state index contributed by atoms with van der Waals surface area (Å²) in [6, 6.07) is 11.4. The minimum absolute atomic E-state index is 0. The first kappa shape index (κ1) is 20.0. The van der Waals surface area contributed by atoms with Gasteiger partial charge in [-0.15, -0.1) is 24.8 Å². The van der Waals surface area contributed by atoms with Crippen LogP contribution in [0.1, 0.15) is 41.7 Å². The lowest BCUT2D eigenvalue weighted by molar-refractivity contribution is 0.0683. The van der Waals surface area contributed by atoms with Crippen LogP contribution < -0.4 is 5.32 Å². The predicted octanol–water partition coefficient (Wildman–Crippen LogP) is 3.74. The number of carbonyl (C=O) groups is 1. The number of aromatic nitrogens is 1. The van der Waals surface area contributed by atoms with Gasteiger partial charge in [-0.25, -0.2) is 0 Å². The summed E-state index contributed by atoms with van der Waals surface area (Å²) >= 11 is 0. The Morgan fingerprint density at radius 2 is 1.80 bits per heavy atom. The van der Waals surface area contributed by atoms with E-state index in [2.05, 4.69) is 10.3 Å². The summed E-state index contributed by atoms with van der Waals surface area (Å²) < 4.78 is 0.